The third-order valence-corrected chi connectivity index (χ3v) is 8.61. The standard InChI is InChI=1S/C29H29FN4O2S/c1-18-9-10-20(15-24(18)30)31-29(35)34-16-23-22-11-13-32(2)17-26(22)37-28(23)33-12-5-8-25(33)27(34)19-6-4-7-21(14-19)36-3/h4-10,12,14-15,27H,11,13,16-17H2,1-3H3,(H,31,35)/t27-/m0/s1. The Morgan fingerprint density at radius 3 is 2.78 bits per heavy atom. The maximum Gasteiger partial charge on any atom is 0.322 e. The van der Waals surface area contributed by atoms with Gasteiger partial charge in [0.1, 0.15) is 16.6 Å². The number of hydrogen-bond donors (Lipinski definition) is 1. The highest BCUT2D eigenvalue weighted by molar-refractivity contribution is 7.15. The van der Waals surface area contributed by atoms with Crippen molar-refractivity contribution in [1.29, 1.82) is 0 Å². The number of amides is 2. The molecule has 2 amide bonds. The van der Waals surface area contributed by atoms with Gasteiger partial charge in [-0.15, -0.1) is 11.3 Å². The molecule has 2 aliphatic heterocycles. The van der Waals surface area contributed by atoms with Crippen LogP contribution in [0.5, 0.6) is 5.75 Å². The number of aromatic nitrogens is 1. The first kappa shape index (κ1) is 23.8. The van der Waals surface area contributed by atoms with Crippen molar-refractivity contribution < 1.29 is 13.9 Å². The zero-order valence-corrected chi connectivity index (χ0v) is 21.9. The molecule has 1 N–H and O–H groups in total. The molecule has 0 fully saturated rings. The van der Waals surface area contributed by atoms with Crippen LogP contribution in [0, 0.1) is 12.7 Å². The Kier molecular flexibility index (Phi) is 6.01. The van der Waals surface area contributed by atoms with Gasteiger partial charge in [-0.1, -0.05) is 18.2 Å². The fraction of sp³-hybridized carbons (Fsp3) is 0.276. The number of carbonyl (C=O) groups excluding carboxylic acids is 1. The number of halogens is 1. The number of hydrogen-bond acceptors (Lipinski definition) is 4. The van der Waals surface area contributed by atoms with Crippen molar-refractivity contribution in [2.24, 2.45) is 0 Å². The summed E-state index contributed by atoms with van der Waals surface area (Å²) in [6.45, 7) is 4.07. The second kappa shape index (κ2) is 9.36. The maximum atomic E-state index is 14.3. The topological polar surface area (TPSA) is 49.7 Å². The molecule has 6 nitrogen and oxygen atoms in total. The van der Waals surface area contributed by atoms with Crippen molar-refractivity contribution in [3.8, 4) is 10.8 Å². The molecule has 2 aromatic carbocycles. The van der Waals surface area contributed by atoms with E-state index in [-0.39, 0.29) is 17.9 Å². The van der Waals surface area contributed by atoms with E-state index in [0.717, 1.165) is 36.5 Å². The Balaban J connectivity index is 1.49. The van der Waals surface area contributed by atoms with Gasteiger partial charge < -0.3 is 24.4 Å². The number of rotatable bonds is 3. The average Bonchev–Trinajstić information content (AvgIpc) is 3.47. The molecule has 0 radical (unpaired) electrons. The monoisotopic (exact) mass is 516 g/mol. The van der Waals surface area contributed by atoms with Gasteiger partial charge in [-0.25, -0.2) is 9.18 Å². The summed E-state index contributed by atoms with van der Waals surface area (Å²) < 4.78 is 22.1. The number of nitrogens with zero attached hydrogens (tertiary/aromatic N) is 3. The first-order valence-corrected chi connectivity index (χ1v) is 13.2. The van der Waals surface area contributed by atoms with Crippen molar-refractivity contribution in [2.75, 3.05) is 26.0 Å². The number of ether oxygens (including phenoxy) is 1. The zero-order valence-electron chi connectivity index (χ0n) is 21.1. The summed E-state index contributed by atoms with van der Waals surface area (Å²) in [7, 11) is 3.79. The summed E-state index contributed by atoms with van der Waals surface area (Å²) in [5.74, 6) is 0.390. The van der Waals surface area contributed by atoms with Crippen molar-refractivity contribution in [3.05, 3.63) is 99.4 Å². The number of anilines is 1. The minimum atomic E-state index is -0.359. The molecule has 8 heteroatoms. The zero-order chi connectivity index (χ0) is 25.7. The normalized spacial score (nSPS) is 17.0. The van der Waals surface area contributed by atoms with E-state index in [1.807, 2.05) is 46.6 Å². The third kappa shape index (κ3) is 4.20. The quantitative estimate of drug-likeness (QED) is 0.357. The minimum absolute atomic E-state index is 0.274. The van der Waals surface area contributed by atoms with E-state index >= 15 is 0 Å². The van der Waals surface area contributed by atoms with E-state index in [2.05, 4.69) is 34.1 Å². The number of carbonyl (C=O) groups is 1. The fourth-order valence-electron chi connectivity index (χ4n) is 5.38. The highest BCUT2D eigenvalue weighted by atomic mass is 32.1. The highest BCUT2D eigenvalue weighted by Crippen LogP contribution is 2.44. The smallest absolute Gasteiger partial charge is 0.322 e. The molecule has 0 unspecified atom stereocenters. The van der Waals surface area contributed by atoms with E-state index in [4.69, 9.17) is 4.74 Å². The lowest BCUT2D eigenvalue weighted by atomic mass is 10.00. The summed E-state index contributed by atoms with van der Waals surface area (Å²) >= 11 is 1.82. The molecule has 6 rings (SSSR count). The van der Waals surface area contributed by atoms with Gasteiger partial charge in [-0.05, 0) is 73.5 Å². The first-order chi connectivity index (χ1) is 17.9. The van der Waals surface area contributed by atoms with Crippen molar-refractivity contribution in [2.45, 2.75) is 32.5 Å². The largest absolute Gasteiger partial charge is 0.497 e. The maximum absolute atomic E-state index is 14.3. The van der Waals surface area contributed by atoms with Gasteiger partial charge in [0.15, 0.2) is 0 Å². The van der Waals surface area contributed by atoms with Gasteiger partial charge in [0.25, 0.3) is 0 Å². The molecule has 4 aromatic rings. The number of methoxy groups -OCH3 is 1. The molecular weight excluding hydrogens is 487 g/mol. The van der Waals surface area contributed by atoms with E-state index in [1.54, 1.807) is 26.2 Å². The number of aryl methyl sites for hydroxylation is 1. The van der Waals surface area contributed by atoms with Crippen LogP contribution in [0.4, 0.5) is 14.9 Å². The van der Waals surface area contributed by atoms with Crippen LogP contribution in [0.15, 0.2) is 60.8 Å². The van der Waals surface area contributed by atoms with Gasteiger partial charge in [0.05, 0.1) is 25.4 Å². The van der Waals surface area contributed by atoms with Crippen LogP contribution in [0.2, 0.25) is 0 Å². The van der Waals surface area contributed by atoms with E-state index in [9.17, 15) is 9.18 Å². The summed E-state index contributed by atoms with van der Waals surface area (Å²) in [6, 6.07) is 16.1. The van der Waals surface area contributed by atoms with Crippen molar-refractivity contribution >= 4 is 23.1 Å². The average molecular weight is 517 g/mol. The van der Waals surface area contributed by atoms with Gasteiger partial charge in [0.2, 0.25) is 0 Å². The summed E-state index contributed by atoms with van der Waals surface area (Å²) in [6.07, 6.45) is 3.04. The van der Waals surface area contributed by atoms with Crippen LogP contribution in [0.1, 0.15) is 38.9 Å². The lowest BCUT2D eigenvalue weighted by Gasteiger charge is -2.32. The van der Waals surface area contributed by atoms with Crippen LogP contribution in [-0.4, -0.2) is 41.1 Å². The van der Waals surface area contributed by atoms with Gasteiger partial charge in [-0.3, -0.25) is 0 Å². The van der Waals surface area contributed by atoms with Gasteiger partial charge in [-0.2, -0.15) is 0 Å². The van der Waals surface area contributed by atoms with Crippen LogP contribution in [0.25, 0.3) is 5.00 Å². The lowest BCUT2D eigenvalue weighted by Crippen LogP contribution is -2.38. The Hall–Kier alpha value is -3.62. The number of likely N-dealkylation sites (N-methyl/N-ethyl adjacent to an activating group) is 1. The second-order valence-electron chi connectivity index (χ2n) is 9.78. The molecule has 0 saturated carbocycles. The lowest BCUT2D eigenvalue weighted by molar-refractivity contribution is 0.194. The number of thiophene rings is 1. The highest BCUT2D eigenvalue weighted by Gasteiger charge is 2.36. The predicted molar refractivity (Wildman–Crippen MR) is 144 cm³/mol. The predicted octanol–water partition coefficient (Wildman–Crippen LogP) is 6.12. The van der Waals surface area contributed by atoms with Gasteiger partial charge >= 0.3 is 6.03 Å². The van der Waals surface area contributed by atoms with E-state index in [0.29, 0.717) is 17.8 Å². The molecule has 0 saturated heterocycles. The number of benzene rings is 2. The molecule has 2 aromatic heterocycles. The van der Waals surface area contributed by atoms with E-state index in [1.165, 1.54) is 27.1 Å². The van der Waals surface area contributed by atoms with Crippen LogP contribution in [-0.2, 0) is 19.5 Å². The third-order valence-electron chi connectivity index (χ3n) is 7.35. The second-order valence-corrected chi connectivity index (χ2v) is 10.9. The molecule has 1 atom stereocenters. The van der Waals surface area contributed by atoms with Crippen LogP contribution in [0.3, 0.4) is 0 Å². The molecule has 0 spiro atoms. The van der Waals surface area contributed by atoms with Crippen molar-refractivity contribution in [1.82, 2.24) is 14.4 Å². The Labute approximate surface area is 219 Å². The SMILES string of the molecule is COc1cccc([C@H]2c3cccn3-c3sc4c(c3CN2C(=O)Nc2ccc(C)c(F)c2)CCN(C)C4)c1. The number of nitrogens with one attached hydrogen (secondary N) is 1. The minimum Gasteiger partial charge on any atom is -0.497 e. The molecule has 190 valence electrons. The number of fused-ring (bicyclic) bond motifs is 5. The molecule has 0 bridgehead atoms. The summed E-state index contributed by atoms with van der Waals surface area (Å²) in [4.78, 5) is 19.6. The molecule has 0 aliphatic carbocycles. The Bertz CT molecular complexity index is 1490. The fourth-order valence-corrected chi connectivity index (χ4v) is 6.82. The Morgan fingerprint density at radius 2 is 1.97 bits per heavy atom. The van der Waals surface area contributed by atoms with E-state index < -0.39 is 0 Å². The van der Waals surface area contributed by atoms with Gasteiger partial charge in [0, 0.05) is 35.4 Å². The summed E-state index contributed by atoms with van der Waals surface area (Å²) in [5.41, 5.74) is 5.48. The molecular formula is C29H29FN4O2S. The first-order valence-electron chi connectivity index (χ1n) is 12.4. The van der Waals surface area contributed by atoms with Crippen LogP contribution < -0.4 is 10.1 Å². The molecule has 2 aliphatic rings. The summed E-state index contributed by atoms with van der Waals surface area (Å²) in [5, 5.41) is 4.14. The van der Waals surface area contributed by atoms with Crippen LogP contribution >= 0.6 is 11.3 Å². The number of urea groups is 1. The molecule has 4 heterocycles. The van der Waals surface area contributed by atoms with Crippen molar-refractivity contribution in [3.63, 3.8) is 0 Å². The molecule has 37 heavy (non-hydrogen) atoms. The Morgan fingerprint density at radius 1 is 1.11 bits per heavy atom.